The summed E-state index contributed by atoms with van der Waals surface area (Å²) in [6.45, 7) is 1.63. The number of hydrogen-bond acceptors (Lipinski definition) is 3. The van der Waals surface area contributed by atoms with Crippen molar-refractivity contribution in [2.75, 3.05) is 6.61 Å². The topological polar surface area (TPSA) is 86.6 Å². The van der Waals surface area contributed by atoms with E-state index in [0.29, 0.717) is 6.42 Å². The predicted octanol–water partition coefficient (Wildman–Crippen LogP) is -0.414. The van der Waals surface area contributed by atoms with Crippen LogP contribution in [0.3, 0.4) is 0 Å². The van der Waals surface area contributed by atoms with Crippen LogP contribution in [0.25, 0.3) is 0 Å². The molecule has 0 aliphatic rings. The van der Waals surface area contributed by atoms with Crippen LogP contribution in [0, 0.1) is 0 Å². The number of aliphatic hydroxyl groups excluding tert-OH is 1. The molecule has 1 atom stereocenters. The van der Waals surface area contributed by atoms with E-state index in [2.05, 4.69) is 12.2 Å². The SMILES string of the molecule is CCCCCCCCCCCC(=O)N[C@@H](CO)C(=O)O.[H-].[K+]. The van der Waals surface area contributed by atoms with Crippen LogP contribution in [0.15, 0.2) is 0 Å². The number of carbonyl (C=O) groups excluding carboxylic acids is 1. The molecule has 0 aromatic rings. The fourth-order valence-electron chi connectivity index (χ4n) is 2.05. The molecular weight excluding hydrogens is 297 g/mol. The second-order valence-corrected chi connectivity index (χ2v) is 5.22. The Morgan fingerprint density at radius 1 is 1.00 bits per heavy atom. The molecule has 0 unspecified atom stereocenters. The van der Waals surface area contributed by atoms with E-state index in [0.717, 1.165) is 19.3 Å². The summed E-state index contributed by atoms with van der Waals surface area (Å²) in [5.41, 5.74) is 0. The summed E-state index contributed by atoms with van der Waals surface area (Å²) in [7, 11) is 0. The van der Waals surface area contributed by atoms with Gasteiger partial charge in [-0.25, -0.2) is 4.79 Å². The molecule has 0 aliphatic heterocycles. The molecule has 0 saturated carbocycles. The number of nitrogens with one attached hydrogen (secondary N) is 1. The molecule has 0 saturated heterocycles. The fourth-order valence-corrected chi connectivity index (χ4v) is 2.05. The van der Waals surface area contributed by atoms with Crippen molar-refractivity contribution in [1.82, 2.24) is 5.32 Å². The number of aliphatic carboxylic acids is 1. The first-order chi connectivity index (χ1) is 9.61. The van der Waals surface area contributed by atoms with Gasteiger partial charge in [0.05, 0.1) is 6.61 Å². The van der Waals surface area contributed by atoms with E-state index in [1.165, 1.54) is 38.5 Å². The minimum Gasteiger partial charge on any atom is -1.00 e. The smallest absolute Gasteiger partial charge is 1.00 e. The van der Waals surface area contributed by atoms with Crippen molar-refractivity contribution in [2.45, 2.75) is 77.2 Å². The van der Waals surface area contributed by atoms with Gasteiger partial charge in [-0.3, -0.25) is 4.79 Å². The normalized spacial score (nSPS) is 11.5. The number of hydrogen-bond donors (Lipinski definition) is 3. The van der Waals surface area contributed by atoms with Gasteiger partial charge in [0, 0.05) is 6.42 Å². The van der Waals surface area contributed by atoms with Crippen molar-refractivity contribution in [3.8, 4) is 0 Å². The molecule has 0 fully saturated rings. The van der Waals surface area contributed by atoms with E-state index in [-0.39, 0.29) is 58.7 Å². The van der Waals surface area contributed by atoms with E-state index in [4.69, 9.17) is 10.2 Å². The van der Waals surface area contributed by atoms with Crippen LogP contribution in [0.1, 0.15) is 72.6 Å². The van der Waals surface area contributed by atoms with Crippen LogP contribution >= 0.6 is 0 Å². The van der Waals surface area contributed by atoms with Gasteiger partial charge in [-0.1, -0.05) is 58.3 Å². The molecule has 1 amide bonds. The molecule has 0 aromatic carbocycles. The van der Waals surface area contributed by atoms with Gasteiger partial charge in [0.25, 0.3) is 0 Å². The summed E-state index contributed by atoms with van der Waals surface area (Å²) in [6, 6.07) is -1.18. The number of carboxylic acids is 1. The van der Waals surface area contributed by atoms with Crippen molar-refractivity contribution in [1.29, 1.82) is 0 Å². The van der Waals surface area contributed by atoms with Crippen LogP contribution in [0.4, 0.5) is 0 Å². The van der Waals surface area contributed by atoms with Gasteiger partial charge in [-0.2, -0.15) is 0 Å². The third kappa shape index (κ3) is 15.2. The zero-order chi connectivity index (χ0) is 15.2. The van der Waals surface area contributed by atoms with E-state index >= 15 is 0 Å². The number of rotatable bonds is 13. The quantitative estimate of drug-likeness (QED) is 0.317. The van der Waals surface area contributed by atoms with Crippen LogP contribution in [0.5, 0.6) is 0 Å². The summed E-state index contributed by atoms with van der Waals surface area (Å²) in [4.78, 5) is 22.1. The molecule has 3 N–H and O–H groups in total. The minimum atomic E-state index is -1.20. The average Bonchev–Trinajstić information content (AvgIpc) is 2.42. The van der Waals surface area contributed by atoms with E-state index < -0.39 is 18.6 Å². The summed E-state index contributed by atoms with van der Waals surface area (Å²) in [6.07, 6.45) is 10.9. The molecule has 0 rings (SSSR count). The van der Waals surface area contributed by atoms with Crippen LogP contribution < -0.4 is 56.7 Å². The van der Waals surface area contributed by atoms with Gasteiger partial charge in [0.2, 0.25) is 5.91 Å². The zero-order valence-electron chi connectivity index (χ0n) is 14.6. The maximum atomic E-state index is 11.4. The second kappa shape index (κ2) is 16.9. The Kier molecular flexibility index (Phi) is 19.2. The Bertz CT molecular complexity index is 280. The predicted molar refractivity (Wildman–Crippen MR) is 79.6 cm³/mol. The molecule has 0 radical (unpaired) electrons. The largest absolute Gasteiger partial charge is 1.00 e. The molecule has 0 aromatic heterocycles. The summed E-state index contributed by atoms with van der Waals surface area (Å²) < 4.78 is 0. The van der Waals surface area contributed by atoms with Crippen LogP contribution in [-0.2, 0) is 9.59 Å². The summed E-state index contributed by atoms with van der Waals surface area (Å²) >= 11 is 0. The fraction of sp³-hybridized carbons (Fsp3) is 0.867. The number of aliphatic hydroxyl groups is 1. The van der Waals surface area contributed by atoms with Crippen LogP contribution in [0.2, 0.25) is 0 Å². The summed E-state index contributed by atoms with van der Waals surface area (Å²) in [5, 5.41) is 19.8. The number of carbonyl (C=O) groups is 2. The standard InChI is InChI=1S/C15H29NO4.K.H/c1-2-3-4-5-6-7-8-9-10-11-14(18)16-13(12-17)15(19)20;;/h13,17H,2-12H2,1H3,(H,16,18)(H,19,20);;/q;+1;-1/t13-;;/m0../s1. The molecule has 21 heavy (non-hydrogen) atoms. The van der Waals surface area contributed by atoms with E-state index in [1.54, 1.807) is 0 Å². The average molecular weight is 328 g/mol. The molecule has 0 bridgehead atoms. The molecule has 5 nitrogen and oxygen atoms in total. The summed E-state index contributed by atoms with van der Waals surface area (Å²) in [5.74, 6) is -1.50. The van der Waals surface area contributed by atoms with Gasteiger partial charge in [0.15, 0.2) is 0 Å². The monoisotopic (exact) mass is 327 g/mol. The third-order valence-electron chi connectivity index (χ3n) is 3.32. The Morgan fingerprint density at radius 3 is 1.90 bits per heavy atom. The Balaban J connectivity index is -0.00000180. The molecular formula is C15H30KNO4. The number of unbranched alkanes of at least 4 members (excludes halogenated alkanes) is 8. The maximum absolute atomic E-state index is 11.4. The molecule has 0 aliphatic carbocycles. The maximum Gasteiger partial charge on any atom is 1.00 e. The van der Waals surface area contributed by atoms with Gasteiger partial charge < -0.3 is 17.0 Å². The first kappa shape index (κ1) is 23.8. The Hall–Kier alpha value is 0.536. The Morgan fingerprint density at radius 2 is 1.48 bits per heavy atom. The van der Waals surface area contributed by atoms with Crippen molar-refractivity contribution in [2.24, 2.45) is 0 Å². The van der Waals surface area contributed by atoms with Gasteiger partial charge in [0.1, 0.15) is 6.04 Å². The van der Waals surface area contributed by atoms with Crippen molar-refractivity contribution in [3.63, 3.8) is 0 Å². The third-order valence-corrected chi connectivity index (χ3v) is 3.32. The van der Waals surface area contributed by atoms with E-state index in [1.807, 2.05) is 0 Å². The van der Waals surface area contributed by atoms with Crippen molar-refractivity contribution >= 4 is 11.9 Å². The molecule has 120 valence electrons. The number of amides is 1. The van der Waals surface area contributed by atoms with E-state index in [9.17, 15) is 9.59 Å². The van der Waals surface area contributed by atoms with Gasteiger partial charge >= 0.3 is 57.4 Å². The molecule has 6 heteroatoms. The minimum absolute atomic E-state index is 0. The van der Waals surface area contributed by atoms with Crippen molar-refractivity contribution in [3.05, 3.63) is 0 Å². The zero-order valence-corrected chi connectivity index (χ0v) is 16.7. The Labute approximate surface area is 172 Å². The first-order valence-electron chi connectivity index (χ1n) is 7.74. The number of carboxylic acid groups (broad SMARTS) is 1. The second-order valence-electron chi connectivity index (χ2n) is 5.22. The van der Waals surface area contributed by atoms with Crippen LogP contribution in [-0.4, -0.2) is 34.7 Å². The van der Waals surface area contributed by atoms with Gasteiger partial charge in [-0.15, -0.1) is 0 Å². The van der Waals surface area contributed by atoms with Gasteiger partial charge in [-0.05, 0) is 6.42 Å². The molecule has 0 heterocycles. The molecule has 0 spiro atoms. The van der Waals surface area contributed by atoms with Crippen molar-refractivity contribution < 1.29 is 72.6 Å². The first-order valence-corrected chi connectivity index (χ1v) is 7.74.